The van der Waals surface area contributed by atoms with Crippen molar-refractivity contribution in [2.75, 3.05) is 26.0 Å². The average Bonchev–Trinajstić information content (AvgIpc) is 2.50. The summed E-state index contributed by atoms with van der Waals surface area (Å²) in [7, 11) is 3.72. The Morgan fingerprint density at radius 1 is 1.60 bits per heavy atom. The van der Waals surface area contributed by atoms with Crippen molar-refractivity contribution < 1.29 is 4.79 Å². The van der Waals surface area contributed by atoms with E-state index in [1.807, 2.05) is 19.0 Å². The van der Waals surface area contributed by atoms with Crippen LogP contribution in [-0.2, 0) is 4.79 Å². The van der Waals surface area contributed by atoms with Gasteiger partial charge in [-0.1, -0.05) is 13.8 Å². The van der Waals surface area contributed by atoms with Crippen LogP contribution >= 0.6 is 0 Å². The molecule has 0 saturated carbocycles. The van der Waals surface area contributed by atoms with E-state index >= 15 is 0 Å². The van der Waals surface area contributed by atoms with Crippen molar-refractivity contribution in [3.63, 3.8) is 0 Å². The lowest BCUT2D eigenvalue weighted by Gasteiger charge is -2.11. The minimum atomic E-state index is -0.0247. The van der Waals surface area contributed by atoms with Gasteiger partial charge in [-0.05, 0) is 20.0 Å². The maximum Gasteiger partial charge on any atom is 0.238 e. The third-order valence-corrected chi connectivity index (χ3v) is 1.98. The van der Waals surface area contributed by atoms with Crippen LogP contribution in [-0.4, -0.2) is 41.6 Å². The number of hydrogen-bond acceptors (Lipinski definition) is 3. The molecular weight excluding hydrogens is 192 g/mol. The normalized spacial score (nSPS) is 11.1. The lowest BCUT2D eigenvalue weighted by molar-refractivity contribution is -0.116. The lowest BCUT2D eigenvalue weighted by Crippen LogP contribution is -2.27. The Morgan fingerprint density at radius 2 is 2.27 bits per heavy atom. The first-order chi connectivity index (χ1) is 7.00. The van der Waals surface area contributed by atoms with Crippen LogP contribution in [0, 0.1) is 0 Å². The summed E-state index contributed by atoms with van der Waals surface area (Å²) in [4.78, 5) is 13.3. The molecule has 0 unspecified atom stereocenters. The number of aromatic nitrogens is 2. The Hall–Kier alpha value is -1.36. The van der Waals surface area contributed by atoms with Crippen molar-refractivity contribution in [3.05, 3.63) is 11.9 Å². The van der Waals surface area contributed by atoms with Crippen LogP contribution in [0.5, 0.6) is 0 Å². The molecular formula is C10H18N4O. The first-order valence-electron chi connectivity index (χ1n) is 4.98. The molecule has 0 bridgehead atoms. The number of aromatic amines is 1. The molecule has 15 heavy (non-hydrogen) atoms. The summed E-state index contributed by atoms with van der Waals surface area (Å²) in [5.74, 6) is 0.297. The van der Waals surface area contributed by atoms with Crippen LogP contribution in [0.25, 0.3) is 0 Å². The maximum absolute atomic E-state index is 11.5. The van der Waals surface area contributed by atoms with E-state index in [1.54, 1.807) is 6.20 Å². The number of hydrogen-bond donors (Lipinski definition) is 2. The molecule has 1 amide bonds. The molecule has 1 aromatic heterocycles. The highest BCUT2D eigenvalue weighted by Gasteiger charge is 2.11. The summed E-state index contributed by atoms with van der Waals surface area (Å²) in [5, 5.41) is 9.64. The predicted molar refractivity (Wildman–Crippen MR) is 59.9 cm³/mol. The average molecular weight is 210 g/mol. The molecule has 0 radical (unpaired) electrons. The van der Waals surface area contributed by atoms with Crippen LogP contribution in [0.4, 0.5) is 5.69 Å². The van der Waals surface area contributed by atoms with Crippen LogP contribution in [0.2, 0.25) is 0 Å². The number of nitrogens with one attached hydrogen (secondary N) is 2. The first-order valence-corrected chi connectivity index (χ1v) is 4.98. The monoisotopic (exact) mass is 210 g/mol. The van der Waals surface area contributed by atoms with Crippen LogP contribution in [0.15, 0.2) is 6.20 Å². The van der Waals surface area contributed by atoms with Crippen molar-refractivity contribution in [1.82, 2.24) is 15.1 Å². The molecule has 5 nitrogen and oxygen atoms in total. The molecule has 0 spiro atoms. The molecule has 1 rings (SSSR count). The van der Waals surface area contributed by atoms with Gasteiger partial charge in [0.05, 0.1) is 24.1 Å². The van der Waals surface area contributed by atoms with Gasteiger partial charge in [-0.25, -0.2) is 0 Å². The molecule has 0 saturated heterocycles. The molecule has 84 valence electrons. The second-order valence-electron chi connectivity index (χ2n) is 4.14. The summed E-state index contributed by atoms with van der Waals surface area (Å²) >= 11 is 0. The lowest BCUT2D eigenvalue weighted by atomic mass is 10.1. The second kappa shape index (κ2) is 4.93. The fraction of sp³-hybridized carbons (Fsp3) is 0.600. The number of likely N-dealkylation sites (N-methyl/N-ethyl adjacent to an activating group) is 1. The van der Waals surface area contributed by atoms with Gasteiger partial charge in [-0.3, -0.25) is 9.89 Å². The highest BCUT2D eigenvalue weighted by Crippen LogP contribution is 2.20. The molecule has 1 aromatic rings. The van der Waals surface area contributed by atoms with E-state index in [4.69, 9.17) is 0 Å². The summed E-state index contributed by atoms with van der Waals surface area (Å²) in [6.07, 6.45) is 1.64. The van der Waals surface area contributed by atoms with E-state index < -0.39 is 0 Å². The Morgan fingerprint density at radius 3 is 2.80 bits per heavy atom. The number of nitrogens with zero attached hydrogens (tertiary/aromatic N) is 2. The second-order valence-corrected chi connectivity index (χ2v) is 4.14. The number of anilines is 1. The van der Waals surface area contributed by atoms with Gasteiger partial charge in [0.1, 0.15) is 0 Å². The van der Waals surface area contributed by atoms with Gasteiger partial charge in [0.15, 0.2) is 0 Å². The zero-order valence-electron chi connectivity index (χ0n) is 9.66. The highest BCUT2D eigenvalue weighted by atomic mass is 16.2. The van der Waals surface area contributed by atoms with Crippen molar-refractivity contribution in [1.29, 1.82) is 0 Å². The van der Waals surface area contributed by atoms with Gasteiger partial charge in [-0.15, -0.1) is 0 Å². The fourth-order valence-corrected chi connectivity index (χ4v) is 1.31. The first kappa shape index (κ1) is 11.7. The molecule has 2 N–H and O–H groups in total. The van der Waals surface area contributed by atoms with Gasteiger partial charge in [0.25, 0.3) is 0 Å². The Bertz CT molecular complexity index is 330. The minimum Gasteiger partial charge on any atom is -0.322 e. The zero-order chi connectivity index (χ0) is 11.4. The van der Waals surface area contributed by atoms with Gasteiger partial charge >= 0.3 is 0 Å². The standard InChI is InChI=1S/C10H18N4O/c1-7(2)10-8(5-11-13-10)12-9(15)6-14(3)4/h5,7H,6H2,1-4H3,(H,11,13)(H,12,15). The quantitative estimate of drug-likeness (QED) is 0.780. The molecule has 0 aliphatic rings. The van der Waals surface area contributed by atoms with Gasteiger partial charge in [-0.2, -0.15) is 5.10 Å². The van der Waals surface area contributed by atoms with E-state index in [-0.39, 0.29) is 5.91 Å². The fourth-order valence-electron chi connectivity index (χ4n) is 1.31. The maximum atomic E-state index is 11.5. The SMILES string of the molecule is CC(C)c1[nH]ncc1NC(=O)CN(C)C. The Kier molecular flexibility index (Phi) is 3.85. The van der Waals surface area contributed by atoms with E-state index in [2.05, 4.69) is 29.4 Å². The molecule has 1 heterocycles. The summed E-state index contributed by atoms with van der Waals surface area (Å²) in [6.45, 7) is 4.48. The zero-order valence-corrected chi connectivity index (χ0v) is 9.66. The van der Waals surface area contributed by atoms with E-state index in [0.29, 0.717) is 12.5 Å². The largest absolute Gasteiger partial charge is 0.322 e. The molecule has 0 aliphatic carbocycles. The van der Waals surface area contributed by atoms with Crippen LogP contribution in [0.3, 0.4) is 0 Å². The van der Waals surface area contributed by atoms with E-state index in [0.717, 1.165) is 11.4 Å². The van der Waals surface area contributed by atoms with Crippen molar-refractivity contribution in [2.45, 2.75) is 19.8 Å². The van der Waals surface area contributed by atoms with E-state index in [1.165, 1.54) is 0 Å². The minimum absolute atomic E-state index is 0.0247. The predicted octanol–water partition coefficient (Wildman–Crippen LogP) is 1.03. The number of amides is 1. The Labute approximate surface area is 89.9 Å². The topological polar surface area (TPSA) is 61.0 Å². The molecule has 5 heteroatoms. The molecule has 0 aliphatic heterocycles. The van der Waals surface area contributed by atoms with Gasteiger partial charge in [0, 0.05) is 0 Å². The van der Waals surface area contributed by atoms with Crippen molar-refractivity contribution in [3.8, 4) is 0 Å². The number of H-pyrrole nitrogens is 1. The number of carbonyl (C=O) groups is 1. The third-order valence-electron chi connectivity index (χ3n) is 1.98. The molecule has 0 atom stereocenters. The smallest absolute Gasteiger partial charge is 0.238 e. The van der Waals surface area contributed by atoms with E-state index in [9.17, 15) is 4.79 Å². The molecule has 0 fully saturated rings. The number of rotatable bonds is 4. The Balaban J connectivity index is 2.64. The van der Waals surface area contributed by atoms with Crippen molar-refractivity contribution >= 4 is 11.6 Å². The third kappa shape index (κ3) is 3.36. The molecule has 0 aromatic carbocycles. The van der Waals surface area contributed by atoms with Crippen LogP contribution in [0.1, 0.15) is 25.5 Å². The number of carbonyl (C=O) groups excluding carboxylic acids is 1. The van der Waals surface area contributed by atoms with Gasteiger partial charge in [0.2, 0.25) is 5.91 Å². The van der Waals surface area contributed by atoms with Crippen LogP contribution < -0.4 is 5.32 Å². The summed E-state index contributed by atoms with van der Waals surface area (Å²) in [5.41, 5.74) is 1.74. The summed E-state index contributed by atoms with van der Waals surface area (Å²) < 4.78 is 0. The summed E-state index contributed by atoms with van der Waals surface area (Å²) in [6, 6.07) is 0. The highest BCUT2D eigenvalue weighted by molar-refractivity contribution is 5.92. The van der Waals surface area contributed by atoms with Gasteiger partial charge < -0.3 is 10.2 Å². The van der Waals surface area contributed by atoms with Crippen molar-refractivity contribution in [2.24, 2.45) is 0 Å².